The average molecular weight is 1300 g/mol. The molecule has 0 aromatic carbocycles. The fourth-order valence-electron chi connectivity index (χ4n) is 11.1. The number of amides is 4. The van der Waals surface area contributed by atoms with Crippen molar-refractivity contribution in [3.8, 4) is 0 Å². The zero-order chi connectivity index (χ0) is 66.2. The van der Waals surface area contributed by atoms with E-state index in [1.807, 2.05) is 0 Å². The molecule has 23 N–H and O–H groups in total. The van der Waals surface area contributed by atoms with Crippen molar-refractivity contribution in [1.29, 1.82) is 0 Å². The molecule has 6 saturated heterocycles. The summed E-state index contributed by atoms with van der Waals surface area (Å²) in [7, 11) is 0. The zero-order valence-electron chi connectivity index (χ0n) is 48.6. The molecule has 34 atom stereocenters. The van der Waals surface area contributed by atoms with Crippen molar-refractivity contribution in [2.75, 3.05) is 46.2 Å². The Morgan fingerprint density at radius 2 is 0.798 bits per heavy atom. The molecule has 6 aliphatic rings. The number of rotatable bonds is 26. The molecule has 4 amide bonds. The van der Waals surface area contributed by atoms with E-state index in [0.29, 0.717) is 0 Å². The second-order valence-corrected chi connectivity index (χ2v) is 22.3. The Hall–Kier alpha value is -3.36. The molecule has 0 unspecified atom stereocenters. The average Bonchev–Trinajstić information content (AvgIpc) is 1.65. The minimum Gasteiger partial charge on any atom is -0.394 e. The van der Waals surface area contributed by atoms with E-state index in [9.17, 15) is 116 Å². The van der Waals surface area contributed by atoms with Crippen molar-refractivity contribution in [1.82, 2.24) is 21.3 Å². The molecule has 39 heteroatoms. The zero-order valence-corrected chi connectivity index (χ0v) is 48.6. The highest BCUT2D eigenvalue weighted by atomic mass is 16.8. The number of hydrogen-bond donors (Lipinski definition) is 23. The van der Waals surface area contributed by atoms with Crippen LogP contribution in [0.5, 0.6) is 0 Å². The topological polar surface area (TPSA) is 612 Å². The molecule has 0 radical (unpaired) electrons. The summed E-state index contributed by atoms with van der Waals surface area (Å²) in [5.41, 5.74) is 0. The van der Waals surface area contributed by atoms with Crippen molar-refractivity contribution in [2.24, 2.45) is 0 Å². The molecule has 0 bridgehead atoms. The van der Waals surface area contributed by atoms with Gasteiger partial charge in [-0.25, -0.2) is 0 Å². The smallest absolute Gasteiger partial charge is 0.217 e. The Labute approximate surface area is 506 Å². The van der Waals surface area contributed by atoms with Gasteiger partial charge in [0.2, 0.25) is 23.6 Å². The maximum absolute atomic E-state index is 13.2. The molecular formula is C50H86N4O35. The van der Waals surface area contributed by atoms with Gasteiger partial charge in [0.1, 0.15) is 159 Å². The molecule has 0 saturated carbocycles. The van der Waals surface area contributed by atoms with Crippen molar-refractivity contribution < 1.29 is 173 Å². The van der Waals surface area contributed by atoms with Gasteiger partial charge in [-0.1, -0.05) is 0 Å². The Morgan fingerprint density at radius 1 is 0.404 bits per heavy atom. The Balaban J connectivity index is 1.31. The molecule has 0 aromatic rings. The first-order chi connectivity index (χ1) is 42.0. The maximum Gasteiger partial charge on any atom is 0.217 e. The summed E-state index contributed by atoms with van der Waals surface area (Å²) in [6.07, 6.45) is -58.5. The second-order valence-electron chi connectivity index (χ2n) is 22.3. The summed E-state index contributed by atoms with van der Waals surface area (Å²) in [5, 5.41) is 217. The number of aliphatic hydroxyl groups excluding tert-OH is 19. The van der Waals surface area contributed by atoms with Crippen LogP contribution >= 0.6 is 0 Å². The quantitative estimate of drug-likeness (QED) is 0.0382. The Kier molecular flexibility index (Phi) is 27.8. The highest BCUT2D eigenvalue weighted by Crippen LogP contribution is 2.37. The van der Waals surface area contributed by atoms with Gasteiger partial charge in [-0.15, -0.1) is 0 Å². The number of hydrogen-bond acceptors (Lipinski definition) is 35. The van der Waals surface area contributed by atoms with Crippen LogP contribution in [-0.2, 0) is 76.0 Å². The maximum atomic E-state index is 13.2. The minimum absolute atomic E-state index is 0.785. The molecule has 516 valence electrons. The van der Waals surface area contributed by atoms with Crippen molar-refractivity contribution in [3.05, 3.63) is 0 Å². The van der Waals surface area contributed by atoms with E-state index in [4.69, 9.17) is 56.8 Å². The summed E-state index contributed by atoms with van der Waals surface area (Å²) in [5.74, 6) is -3.37. The SMILES string of the molecule is CC(=O)N[C@H]1[C@H](O[C@H]2[C@@H](O)[C@@H](CO)O[C@@H](O[C@@H]([C@@H](O)[C@H](O)CO[C@@H]3O[C@H](CO)[C@@H](O[C@@H]4O[C@H](CO)[C@H](O)[C@H](O[C@@H]5O[C@H](CO)[C@H](O)[C@H](O)[C@H]5NC(C)=O)[C@H]4O)[C@H](O[C@@H]4O[C@@H](C)[C@@H](O)[C@@H](O)[C@@H]4O)[C@H]3NC(C)=O)[C@H](CO)NC(C)=O)[C@@H]2O)O[C@H](CO)[C@H](O)[C@@H]1O. The fourth-order valence-corrected chi connectivity index (χ4v) is 11.1. The summed E-state index contributed by atoms with van der Waals surface area (Å²) < 4.78 is 70.4. The third-order valence-corrected chi connectivity index (χ3v) is 15.8. The van der Waals surface area contributed by atoms with Crippen LogP contribution in [0.4, 0.5) is 0 Å². The molecule has 6 fully saturated rings. The van der Waals surface area contributed by atoms with Crippen LogP contribution in [0.2, 0.25) is 0 Å². The predicted molar refractivity (Wildman–Crippen MR) is 279 cm³/mol. The van der Waals surface area contributed by atoms with Crippen LogP contribution in [0, 0.1) is 0 Å². The van der Waals surface area contributed by atoms with Crippen molar-refractivity contribution in [2.45, 2.75) is 243 Å². The van der Waals surface area contributed by atoms with Gasteiger partial charge in [0.15, 0.2) is 37.7 Å². The lowest BCUT2D eigenvalue weighted by molar-refractivity contribution is -0.383. The number of carbonyl (C=O) groups excluding carboxylic acids is 4. The number of nitrogens with one attached hydrogen (secondary N) is 4. The predicted octanol–water partition coefficient (Wildman–Crippen LogP) is -15.0. The van der Waals surface area contributed by atoms with Gasteiger partial charge in [0, 0.05) is 27.7 Å². The van der Waals surface area contributed by atoms with Crippen LogP contribution in [0.15, 0.2) is 0 Å². The van der Waals surface area contributed by atoms with E-state index in [0.717, 1.165) is 27.7 Å². The summed E-state index contributed by atoms with van der Waals surface area (Å²) in [6.45, 7) is -2.08. The van der Waals surface area contributed by atoms with Gasteiger partial charge >= 0.3 is 0 Å². The monoisotopic (exact) mass is 1300 g/mol. The lowest BCUT2D eigenvalue weighted by atomic mass is 9.94. The molecule has 0 aliphatic carbocycles. The van der Waals surface area contributed by atoms with Crippen LogP contribution in [-0.4, -0.2) is 375 Å². The van der Waals surface area contributed by atoms with Gasteiger partial charge < -0.3 is 175 Å². The third kappa shape index (κ3) is 17.5. The van der Waals surface area contributed by atoms with E-state index in [2.05, 4.69) is 21.3 Å². The first-order valence-electron chi connectivity index (χ1n) is 28.4. The van der Waals surface area contributed by atoms with E-state index < -0.39 is 278 Å². The molecule has 6 heterocycles. The van der Waals surface area contributed by atoms with Gasteiger partial charge in [-0.3, -0.25) is 19.2 Å². The summed E-state index contributed by atoms with van der Waals surface area (Å²) in [4.78, 5) is 50.0. The van der Waals surface area contributed by atoms with Gasteiger partial charge in [-0.2, -0.15) is 0 Å². The van der Waals surface area contributed by atoms with Gasteiger partial charge in [-0.05, 0) is 6.92 Å². The summed E-state index contributed by atoms with van der Waals surface area (Å²) in [6, 6.07) is -6.90. The fraction of sp³-hybridized carbons (Fsp3) is 0.920. The number of ether oxygens (including phenoxy) is 12. The third-order valence-electron chi connectivity index (χ3n) is 15.8. The second kappa shape index (κ2) is 33.2. The molecular weight excluding hydrogens is 1220 g/mol. The minimum atomic E-state index is -2.41. The molecule has 39 nitrogen and oxygen atoms in total. The lowest BCUT2D eigenvalue weighted by Gasteiger charge is -2.51. The summed E-state index contributed by atoms with van der Waals surface area (Å²) >= 11 is 0. The van der Waals surface area contributed by atoms with Crippen LogP contribution < -0.4 is 21.3 Å². The molecule has 0 spiro atoms. The van der Waals surface area contributed by atoms with Gasteiger partial charge in [0.05, 0.1) is 58.4 Å². The Morgan fingerprint density at radius 3 is 1.25 bits per heavy atom. The molecule has 6 rings (SSSR count). The van der Waals surface area contributed by atoms with E-state index in [1.165, 1.54) is 6.92 Å². The normalized spacial score (nSPS) is 44.3. The number of aliphatic hydroxyl groups is 19. The molecule has 0 aromatic heterocycles. The largest absolute Gasteiger partial charge is 0.394 e. The number of carbonyl (C=O) groups is 4. The van der Waals surface area contributed by atoms with Gasteiger partial charge in [0.25, 0.3) is 0 Å². The van der Waals surface area contributed by atoms with E-state index in [1.54, 1.807) is 0 Å². The first-order valence-corrected chi connectivity index (χ1v) is 28.4. The van der Waals surface area contributed by atoms with E-state index >= 15 is 0 Å². The highest BCUT2D eigenvalue weighted by molar-refractivity contribution is 5.74. The van der Waals surface area contributed by atoms with Crippen molar-refractivity contribution in [3.63, 3.8) is 0 Å². The lowest BCUT2D eigenvalue weighted by Crippen LogP contribution is -2.70. The molecule has 6 aliphatic heterocycles. The standard InChI is InChI=1S/C50H86N4O35/c1-13-28(66)36(74)37(75)48(79-13)87-42-27(54-17(5)64)45(84-24(11-60)41(42)86-50-39(77)44(33(71)23(10-59)83-50)89-47-26(53-16(4)63)35(73)31(69)21(8-57)81-47)78-12-19(65)29(67)40(18(6-55)51-14(2)61)85-49-38(76)43(32(70)22(9-58)82-49)88-46-25(52-15(3)62)34(72)30(68)20(7-56)80-46/h13,18-50,55-60,65-77H,6-12H2,1-5H3,(H,51,61)(H,52,62)(H,53,63)(H,54,64)/t13-,18-,19+,20+,21+,22+,23+,24+,25+,26+,27+,28+,29-,30-,31-,32-,33-,34+,35+,36+,37-,38+,39+,40+,41+,42+,43-,44-,45+,46-,47-,48-,49-,50-/m0/s1. The molecule has 89 heavy (non-hydrogen) atoms. The van der Waals surface area contributed by atoms with E-state index in [-0.39, 0.29) is 0 Å². The Bertz CT molecular complexity index is 2240. The highest BCUT2D eigenvalue weighted by Gasteiger charge is 2.58. The van der Waals surface area contributed by atoms with Crippen molar-refractivity contribution >= 4 is 23.6 Å². The van der Waals surface area contributed by atoms with Crippen LogP contribution in [0.25, 0.3) is 0 Å². The first kappa shape index (κ1) is 74.7. The van der Waals surface area contributed by atoms with Crippen LogP contribution in [0.1, 0.15) is 34.6 Å². The van der Waals surface area contributed by atoms with Crippen LogP contribution in [0.3, 0.4) is 0 Å².